The van der Waals surface area contributed by atoms with E-state index in [0.717, 1.165) is 29.7 Å². The van der Waals surface area contributed by atoms with Gasteiger partial charge >= 0.3 is 0 Å². The summed E-state index contributed by atoms with van der Waals surface area (Å²) >= 11 is 0. The maximum absolute atomic E-state index is 12.8. The van der Waals surface area contributed by atoms with Crippen molar-refractivity contribution in [2.45, 2.75) is 25.2 Å². The van der Waals surface area contributed by atoms with Gasteiger partial charge in [-0.25, -0.2) is 4.98 Å². The fraction of sp³-hybridized carbons (Fsp3) is 0.300. The van der Waals surface area contributed by atoms with Crippen LogP contribution in [0.3, 0.4) is 0 Å². The number of carbonyl (C=O) groups excluding carboxylic acids is 1. The number of H-pyrrole nitrogens is 2. The molecule has 0 radical (unpaired) electrons. The molecule has 1 aliphatic heterocycles. The minimum absolute atomic E-state index is 0.0248. The smallest absolute Gasteiger partial charge is 0.252 e. The minimum atomic E-state index is -0.350. The summed E-state index contributed by atoms with van der Waals surface area (Å²) in [5.41, 5.74) is 8.85. The van der Waals surface area contributed by atoms with Gasteiger partial charge in [-0.15, -0.1) is 0 Å². The largest absolute Gasteiger partial charge is 0.369 e. The lowest BCUT2D eigenvalue weighted by Crippen LogP contribution is -2.40. The number of benzene rings is 1. The minimum Gasteiger partial charge on any atom is -0.369 e. The van der Waals surface area contributed by atoms with Gasteiger partial charge in [0.2, 0.25) is 11.9 Å². The van der Waals surface area contributed by atoms with Gasteiger partial charge in [0.1, 0.15) is 0 Å². The molecule has 1 amide bonds. The van der Waals surface area contributed by atoms with Crippen molar-refractivity contribution >= 4 is 11.9 Å². The number of carbonyl (C=O) groups is 1. The van der Waals surface area contributed by atoms with Crippen LogP contribution in [0.5, 0.6) is 0 Å². The highest BCUT2D eigenvalue weighted by Crippen LogP contribution is 2.33. The van der Waals surface area contributed by atoms with Crippen molar-refractivity contribution in [2.75, 3.05) is 18.8 Å². The Balaban J connectivity index is 1.50. The lowest BCUT2D eigenvalue weighted by molar-refractivity contribution is -0.131. The van der Waals surface area contributed by atoms with E-state index in [0.29, 0.717) is 18.8 Å². The van der Waals surface area contributed by atoms with Crippen LogP contribution in [-0.4, -0.2) is 44.1 Å². The Morgan fingerprint density at radius 1 is 1.29 bits per heavy atom. The first-order valence-electron chi connectivity index (χ1n) is 9.32. The van der Waals surface area contributed by atoms with Gasteiger partial charge in [0.25, 0.3) is 5.56 Å². The third-order valence-electron chi connectivity index (χ3n) is 5.08. The molecule has 1 saturated heterocycles. The van der Waals surface area contributed by atoms with Crippen LogP contribution in [0.2, 0.25) is 0 Å². The Morgan fingerprint density at radius 2 is 2.11 bits per heavy atom. The summed E-state index contributed by atoms with van der Waals surface area (Å²) in [6.45, 7) is 1.31. The Kier molecular flexibility index (Phi) is 4.92. The average Bonchev–Trinajstić information content (AvgIpc) is 3.18. The van der Waals surface area contributed by atoms with Crippen molar-refractivity contribution in [1.29, 1.82) is 0 Å². The Labute approximate surface area is 161 Å². The first kappa shape index (κ1) is 18.0. The van der Waals surface area contributed by atoms with Gasteiger partial charge in [-0.05, 0) is 18.4 Å². The van der Waals surface area contributed by atoms with Gasteiger partial charge in [-0.1, -0.05) is 30.3 Å². The number of nitrogens with one attached hydrogen (secondary N) is 2. The van der Waals surface area contributed by atoms with E-state index in [1.165, 1.54) is 6.07 Å². The predicted octanol–water partition coefficient (Wildman–Crippen LogP) is 1.69. The number of nitrogen functional groups attached to an aromatic ring is 1. The molecule has 0 unspecified atom stereocenters. The molecule has 1 aromatic carbocycles. The van der Waals surface area contributed by atoms with E-state index < -0.39 is 0 Å². The fourth-order valence-corrected chi connectivity index (χ4v) is 3.78. The zero-order chi connectivity index (χ0) is 19.5. The molecule has 3 heterocycles. The van der Waals surface area contributed by atoms with Crippen molar-refractivity contribution in [3.8, 4) is 11.1 Å². The van der Waals surface area contributed by atoms with E-state index in [-0.39, 0.29) is 29.8 Å². The standard InChI is InChI=1S/C20H22N6O2/c21-20-23-15(9-17(27)24-20)10-18(28)26-8-4-7-14(12-26)19-16(11-22-25-19)13-5-2-1-3-6-13/h1-3,5-6,9,11,14H,4,7-8,10,12H2,(H,22,25)(H3,21,23,24,27)/t14-/m1/s1. The number of anilines is 1. The molecule has 0 spiro atoms. The van der Waals surface area contributed by atoms with Gasteiger partial charge in [-0.2, -0.15) is 5.10 Å². The third kappa shape index (κ3) is 3.80. The third-order valence-corrected chi connectivity index (χ3v) is 5.08. The van der Waals surface area contributed by atoms with E-state index in [1.807, 2.05) is 29.3 Å². The second-order valence-electron chi connectivity index (χ2n) is 7.04. The predicted molar refractivity (Wildman–Crippen MR) is 106 cm³/mol. The molecule has 8 nitrogen and oxygen atoms in total. The summed E-state index contributed by atoms with van der Waals surface area (Å²) in [5, 5.41) is 7.38. The van der Waals surface area contributed by atoms with Crippen LogP contribution in [-0.2, 0) is 11.2 Å². The molecule has 3 aromatic rings. The maximum atomic E-state index is 12.8. The van der Waals surface area contributed by atoms with Crippen LogP contribution in [0.1, 0.15) is 30.1 Å². The summed E-state index contributed by atoms with van der Waals surface area (Å²) in [4.78, 5) is 32.6. The number of piperidine rings is 1. The average molecular weight is 378 g/mol. The summed E-state index contributed by atoms with van der Waals surface area (Å²) in [7, 11) is 0. The number of hydrogen-bond donors (Lipinski definition) is 3. The number of aromatic nitrogens is 4. The molecule has 4 N–H and O–H groups in total. The Hall–Kier alpha value is -3.42. The Morgan fingerprint density at radius 3 is 2.89 bits per heavy atom. The first-order chi connectivity index (χ1) is 13.6. The van der Waals surface area contributed by atoms with E-state index in [9.17, 15) is 9.59 Å². The van der Waals surface area contributed by atoms with Crippen molar-refractivity contribution in [1.82, 2.24) is 25.1 Å². The molecule has 4 rings (SSSR count). The second kappa shape index (κ2) is 7.67. The number of likely N-dealkylation sites (tertiary alicyclic amines) is 1. The molecule has 0 aliphatic carbocycles. The van der Waals surface area contributed by atoms with Crippen LogP contribution in [0, 0.1) is 0 Å². The second-order valence-corrected chi connectivity index (χ2v) is 7.04. The SMILES string of the molecule is Nc1nc(CC(=O)N2CCC[C@@H](c3[nH]ncc3-c3ccccc3)C2)cc(=O)[nH]1. The number of amides is 1. The highest BCUT2D eigenvalue weighted by atomic mass is 16.2. The first-order valence-corrected chi connectivity index (χ1v) is 9.32. The summed E-state index contributed by atoms with van der Waals surface area (Å²) in [6, 6.07) is 11.4. The zero-order valence-corrected chi connectivity index (χ0v) is 15.4. The van der Waals surface area contributed by atoms with Gasteiger partial charge in [-0.3, -0.25) is 19.7 Å². The van der Waals surface area contributed by atoms with Crippen LogP contribution in [0.25, 0.3) is 11.1 Å². The summed E-state index contributed by atoms with van der Waals surface area (Å²) in [5.74, 6) is 0.160. The molecule has 0 saturated carbocycles. The lowest BCUT2D eigenvalue weighted by atomic mass is 9.90. The Bertz CT molecular complexity index is 1030. The fourth-order valence-electron chi connectivity index (χ4n) is 3.78. The van der Waals surface area contributed by atoms with Crippen LogP contribution >= 0.6 is 0 Å². The molecule has 28 heavy (non-hydrogen) atoms. The topological polar surface area (TPSA) is 121 Å². The maximum Gasteiger partial charge on any atom is 0.252 e. The number of hydrogen-bond acceptors (Lipinski definition) is 5. The molecular weight excluding hydrogens is 356 g/mol. The van der Waals surface area contributed by atoms with Crippen LogP contribution < -0.4 is 11.3 Å². The van der Waals surface area contributed by atoms with Crippen LogP contribution in [0.4, 0.5) is 5.95 Å². The van der Waals surface area contributed by atoms with Gasteiger partial charge in [0.15, 0.2) is 0 Å². The number of nitrogens with zero attached hydrogens (tertiary/aromatic N) is 3. The summed E-state index contributed by atoms with van der Waals surface area (Å²) < 4.78 is 0. The quantitative estimate of drug-likeness (QED) is 0.638. The molecule has 1 aliphatic rings. The van der Waals surface area contributed by atoms with E-state index in [4.69, 9.17) is 5.73 Å². The molecule has 0 bridgehead atoms. The van der Waals surface area contributed by atoms with E-state index in [1.54, 1.807) is 0 Å². The summed E-state index contributed by atoms with van der Waals surface area (Å²) in [6.07, 6.45) is 3.81. The molecule has 8 heteroatoms. The highest BCUT2D eigenvalue weighted by Gasteiger charge is 2.28. The molecular formula is C20H22N6O2. The van der Waals surface area contributed by atoms with Gasteiger partial charge in [0, 0.05) is 36.3 Å². The van der Waals surface area contributed by atoms with Gasteiger partial charge < -0.3 is 10.6 Å². The van der Waals surface area contributed by atoms with E-state index in [2.05, 4.69) is 32.3 Å². The lowest BCUT2D eigenvalue weighted by Gasteiger charge is -2.32. The monoisotopic (exact) mass is 378 g/mol. The zero-order valence-electron chi connectivity index (χ0n) is 15.4. The number of nitrogens with two attached hydrogens (primary N) is 1. The van der Waals surface area contributed by atoms with Crippen molar-refractivity contribution in [3.63, 3.8) is 0 Å². The van der Waals surface area contributed by atoms with Crippen molar-refractivity contribution < 1.29 is 4.79 Å². The molecule has 144 valence electrons. The normalized spacial score (nSPS) is 16.9. The molecule has 2 aromatic heterocycles. The molecule has 1 atom stereocenters. The van der Waals surface area contributed by atoms with E-state index >= 15 is 0 Å². The van der Waals surface area contributed by atoms with Crippen molar-refractivity contribution in [2.24, 2.45) is 0 Å². The highest BCUT2D eigenvalue weighted by molar-refractivity contribution is 5.78. The number of rotatable bonds is 4. The molecule has 1 fully saturated rings. The van der Waals surface area contributed by atoms with Gasteiger partial charge in [0.05, 0.1) is 18.3 Å². The number of aromatic amines is 2. The van der Waals surface area contributed by atoms with Crippen LogP contribution in [0.15, 0.2) is 47.4 Å². The van der Waals surface area contributed by atoms with Crippen molar-refractivity contribution in [3.05, 3.63) is 64.3 Å².